The van der Waals surface area contributed by atoms with E-state index in [-0.39, 0.29) is 5.91 Å². The molecule has 2 aromatic rings. The van der Waals surface area contributed by atoms with E-state index in [1.165, 1.54) is 14.7 Å². The molecule has 7 heteroatoms. The summed E-state index contributed by atoms with van der Waals surface area (Å²) in [6.07, 6.45) is 3.00. The standard InChI is InChI=1S/C20H26N2O3S2/c1-3-8-18-16(4-2)15-19(26-18)20(23)21-11-13-22(14-12-21)27(24,25)17-9-6-5-7-10-17/h5-7,9-10,15H,3-4,8,11-14H2,1-2H3. The van der Waals surface area contributed by atoms with Crippen LogP contribution in [0.1, 0.15) is 40.4 Å². The van der Waals surface area contributed by atoms with E-state index < -0.39 is 10.0 Å². The molecule has 1 amide bonds. The molecule has 0 N–H and O–H groups in total. The quantitative estimate of drug-likeness (QED) is 0.739. The van der Waals surface area contributed by atoms with Gasteiger partial charge in [-0.25, -0.2) is 8.42 Å². The van der Waals surface area contributed by atoms with Gasteiger partial charge in [-0.3, -0.25) is 4.79 Å². The van der Waals surface area contributed by atoms with E-state index in [2.05, 4.69) is 13.8 Å². The van der Waals surface area contributed by atoms with Crippen LogP contribution in [0.3, 0.4) is 0 Å². The highest BCUT2D eigenvalue weighted by Gasteiger charge is 2.30. The summed E-state index contributed by atoms with van der Waals surface area (Å²) in [5, 5.41) is 0. The maximum atomic E-state index is 12.9. The first-order valence-corrected chi connectivity index (χ1v) is 11.7. The molecule has 0 spiro atoms. The minimum absolute atomic E-state index is 0.0220. The van der Waals surface area contributed by atoms with Crippen LogP contribution in [-0.4, -0.2) is 49.7 Å². The molecule has 0 bridgehead atoms. The highest BCUT2D eigenvalue weighted by Crippen LogP contribution is 2.26. The Balaban J connectivity index is 1.68. The van der Waals surface area contributed by atoms with Crippen LogP contribution < -0.4 is 0 Å². The number of nitrogens with zero attached hydrogens (tertiary/aromatic N) is 2. The fraction of sp³-hybridized carbons (Fsp3) is 0.450. The lowest BCUT2D eigenvalue weighted by Gasteiger charge is -2.33. The maximum absolute atomic E-state index is 12.9. The Morgan fingerprint density at radius 1 is 1.07 bits per heavy atom. The first-order valence-electron chi connectivity index (χ1n) is 9.43. The van der Waals surface area contributed by atoms with E-state index >= 15 is 0 Å². The number of aryl methyl sites for hydroxylation is 2. The van der Waals surface area contributed by atoms with Gasteiger partial charge in [0.2, 0.25) is 10.0 Å². The number of amides is 1. The van der Waals surface area contributed by atoms with Crippen molar-refractivity contribution in [1.82, 2.24) is 9.21 Å². The summed E-state index contributed by atoms with van der Waals surface area (Å²) in [6, 6.07) is 10.5. The van der Waals surface area contributed by atoms with Crippen LogP contribution in [0.4, 0.5) is 0 Å². The summed E-state index contributed by atoms with van der Waals surface area (Å²) < 4.78 is 26.9. The van der Waals surface area contributed by atoms with Crippen molar-refractivity contribution < 1.29 is 13.2 Å². The Hall–Kier alpha value is -1.70. The number of piperazine rings is 1. The number of hydrogen-bond acceptors (Lipinski definition) is 4. The number of carbonyl (C=O) groups is 1. The summed E-state index contributed by atoms with van der Waals surface area (Å²) in [6.45, 7) is 5.77. The molecule has 0 atom stereocenters. The molecule has 27 heavy (non-hydrogen) atoms. The van der Waals surface area contributed by atoms with Crippen molar-refractivity contribution in [3.8, 4) is 0 Å². The fourth-order valence-corrected chi connectivity index (χ4v) is 6.11. The molecule has 146 valence electrons. The Morgan fingerprint density at radius 3 is 2.33 bits per heavy atom. The van der Waals surface area contributed by atoms with Crippen LogP contribution in [-0.2, 0) is 22.9 Å². The van der Waals surface area contributed by atoms with Crippen molar-refractivity contribution in [2.45, 2.75) is 38.0 Å². The van der Waals surface area contributed by atoms with Crippen molar-refractivity contribution in [3.05, 3.63) is 51.7 Å². The molecule has 0 unspecified atom stereocenters. The summed E-state index contributed by atoms with van der Waals surface area (Å²) in [4.78, 5) is 17.0. The van der Waals surface area contributed by atoms with Crippen LogP contribution in [0, 0.1) is 0 Å². The van der Waals surface area contributed by atoms with E-state index in [0.717, 1.165) is 24.1 Å². The number of rotatable bonds is 6. The third kappa shape index (κ3) is 4.25. The van der Waals surface area contributed by atoms with Crippen molar-refractivity contribution in [1.29, 1.82) is 0 Å². The number of carbonyl (C=O) groups excluding carboxylic acids is 1. The molecule has 2 heterocycles. The largest absolute Gasteiger partial charge is 0.335 e. The van der Waals surface area contributed by atoms with Gasteiger partial charge in [-0.2, -0.15) is 4.31 Å². The van der Waals surface area contributed by atoms with E-state index in [1.807, 2.05) is 6.07 Å². The second-order valence-electron chi connectivity index (χ2n) is 6.67. The van der Waals surface area contributed by atoms with E-state index in [9.17, 15) is 13.2 Å². The monoisotopic (exact) mass is 406 g/mol. The lowest BCUT2D eigenvalue weighted by Crippen LogP contribution is -2.50. The Morgan fingerprint density at radius 2 is 1.74 bits per heavy atom. The minimum atomic E-state index is -3.49. The van der Waals surface area contributed by atoms with E-state index in [4.69, 9.17) is 0 Å². The van der Waals surface area contributed by atoms with E-state index in [0.29, 0.717) is 31.1 Å². The van der Waals surface area contributed by atoms with Crippen molar-refractivity contribution in [3.63, 3.8) is 0 Å². The van der Waals surface area contributed by atoms with Gasteiger partial charge in [0.05, 0.1) is 9.77 Å². The third-order valence-electron chi connectivity index (χ3n) is 4.87. The Kier molecular flexibility index (Phi) is 6.34. The van der Waals surface area contributed by atoms with Gasteiger partial charge < -0.3 is 4.90 Å². The number of hydrogen-bond donors (Lipinski definition) is 0. The zero-order chi connectivity index (χ0) is 19.4. The minimum Gasteiger partial charge on any atom is -0.335 e. The zero-order valence-electron chi connectivity index (χ0n) is 15.8. The molecule has 0 radical (unpaired) electrons. The van der Waals surface area contributed by atoms with Crippen LogP contribution >= 0.6 is 11.3 Å². The van der Waals surface area contributed by atoms with Gasteiger partial charge in [-0.15, -0.1) is 11.3 Å². The second-order valence-corrected chi connectivity index (χ2v) is 9.75. The smallest absolute Gasteiger partial charge is 0.264 e. The van der Waals surface area contributed by atoms with E-state index in [1.54, 1.807) is 46.6 Å². The maximum Gasteiger partial charge on any atom is 0.264 e. The lowest BCUT2D eigenvalue weighted by molar-refractivity contribution is 0.0702. The molecular formula is C20H26N2O3S2. The highest BCUT2D eigenvalue weighted by atomic mass is 32.2. The molecule has 1 fully saturated rings. The van der Waals surface area contributed by atoms with Crippen molar-refractivity contribution in [2.75, 3.05) is 26.2 Å². The van der Waals surface area contributed by atoms with Gasteiger partial charge >= 0.3 is 0 Å². The molecule has 3 rings (SSSR count). The lowest BCUT2D eigenvalue weighted by atomic mass is 10.1. The predicted molar refractivity (Wildman–Crippen MR) is 109 cm³/mol. The van der Waals surface area contributed by atoms with Crippen molar-refractivity contribution >= 4 is 27.3 Å². The average molecular weight is 407 g/mol. The zero-order valence-corrected chi connectivity index (χ0v) is 17.5. The average Bonchev–Trinajstić information content (AvgIpc) is 3.11. The molecule has 1 aromatic heterocycles. The number of benzene rings is 1. The number of sulfonamides is 1. The normalized spacial score (nSPS) is 15.9. The van der Waals surface area contributed by atoms with Gasteiger partial charge in [0.1, 0.15) is 0 Å². The molecule has 1 aromatic carbocycles. The van der Waals surface area contributed by atoms with Gasteiger partial charge in [0, 0.05) is 31.1 Å². The van der Waals surface area contributed by atoms with Gasteiger partial charge in [-0.05, 0) is 36.6 Å². The molecule has 1 aliphatic heterocycles. The Bertz CT molecular complexity index is 883. The third-order valence-corrected chi connectivity index (χ3v) is 8.01. The summed E-state index contributed by atoms with van der Waals surface area (Å²) in [5.74, 6) is 0.0220. The van der Waals surface area contributed by atoms with Crippen LogP contribution in [0.5, 0.6) is 0 Å². The molecule has 0 saturated carbocycles. The summed E-state index contributed by atoms with van der Waals surface area (Å²) in [7, 11) is -3.49. The van der Waals surface area contributed by atoms with Crippen molar-refractivity contribution in [2.24, 2.45) is 0 Å². The molecular weight excluding hydrogens is 380 g/mol. The highest BCUT2D eigenvalue weighted by molar-refractivity contribution is 7.89. The Labute approximate surface area is 165 Å². The summed E-state index contributed by atoms with van der Waals surface area (Å²) in [5.41, 5.74) is 1.26. The van der Waals surface area contributed by atoms with Crippen LogP contribution in [0.25, 0.3) is 0 Å². The van der Waals surface area contributed by atoms with Gasteiger partial charge in [0.25, 0.3) is 5.91 Å². The topological polar surface area (TPSA) is 57.7 Å². The first-order chi connectivity index (χ1) is 13.0. The fourth-order valence-electron chi connectivity index (χ4n) is 3.34. The predicted octanol–water partition coefficient (Wildman–Crippen LogP) is 3.41. The molecule has 1 saturated heterocycles. The first kappa shape index (κ1) is 20.0. The van der Waals surface area contributed by atoms with Crippen LogP contribution in [0.2, 0.25) is 0 Å². The SMILES string of the molecule is CCCc1sc(C(=O)N2CCN(S(=O)(=O)c3ccccc3)CC2)cc1CC. The molecule has 1 aliphatic rings. The van der Waals surface area contributed by atoms with Gasteiger partial charge in [0.15, 0.2) is 0 Å². The summed E-state index contributed by atoms with van der Waals surface area (Å²) >= 11 is 1.59. The molecule has 0 aliphatic carbocycles. The second kappa shape index (κ2) is 8.54. The van der Waals surface area contributed by atoms with Crippen LogP contribution in [0.15, 0.2) is 41.3 Å². The molecule has 5 nitrogen and oxygen atoms in total. The van der Waals surface area contributed by atoms with Gasteiger partial charge in [-0.1, -0.05) is 38.5 Å². The number of thiophene rings is 1.